The first-order chi connectivity index (χ1) is 5.33. The average molecular weight is 154 g/mol. The molecule has 0 aliphatic heterocycles. The van der Waals surface area contributed by atoms with Crippen molar-refractivity contribution in [3.05, 3.63) is 35.6 Å². The van der Waals surface area contributed by atoms with Crippen molar-refractivity contribution in [1.29, 1.82) is 0 Å². The van der Waals surface area contributed by atoms with Gasteiger partial charge in [-0.1, -0.05) is 12.1 Å². The second-order valence-electron chi connectivity index (χ2n) is 2.33. The Balaban J connectivity index is 2.52. The summed E-state index contributed by atoms with van der Waals surface area (Å²) in [6.45, 7) is 0.714. The Bertz CT molecular complexity index is 208. The molecule has 0 saturated carbocycles. The molecular weight excluding hydrogens is 143 g/mol. The van der Waals surface area contributed by atoms with Gasteiger partial charge in [-0.2, -0.15) is 0 Å². The highest BCUT2D eigenvalue weighted by Crippen LogP contribution is 2.02. The van der Waals surface area contributed by atoms with E-state index in [1.165, 1.54) is 12.1 Å². The van der Waals surface area contributed by atoms with Crippen LogP contribution in [0.25, 0.3) is 0 Å². The van der Waals surface area contributed by atoms with Crippen molar-refractivity contribution in [2.75, 3.05) is 6.54 Å². The fourth-order valence-corrected chi connectivity index (χ4v) is 0.868. The minimum atomic E-state index is -0.200. The Labute approximate surface area is 65.2 Å². The van der Waals surface area contributed by atoms with Crippen LogP contribution in [0, 0.1) is 5.82 Å². The highest BCUT2D eigenvalue weighted by atomic mass is 19.1. The molecule has 0 saturated heterocycles. The summed E-state index contributed by atoms with van der Waals surface area (Å²) in [6.07, 6.45) is 0.830. The number of benzene rings is 1. The highest BCUT2D eigenvalue weighted by Gasteiger charge is 1.91. The predicted octanol–water partition coefficient (Wildman–Crippen LogP) is 0.831. The van der Waals surface area contributed by atoms with Crippen LogP contribution in [-0.4, -0.2) is 6.54 Å². The van der Waals surface area contributed by atoms with Crippen molar-refractivity contribution in [3.63, 3.8) is 0 Å². The monoisotopic (exact) mass is 154 g/mol. The van der Waals surface area contributed by atoms with E-state index in [0.29, 0.717) is 6.54 Å². The topological polar surface area (TPSA) is 38.0 Å². The molecule has 0 aliphatic carbocycles. The third-order valence-corrected chi connectivity index (χ3v) is 1.47. The van der Waals surface area contributed by atoms with Gasteiger partial charge in [0, 0.05) is 6.54 Å². The predicted molar refractivity (Wildman–Crippen MR) is 42.3 cm³/mol. The second-order valence-corrected chi connectivity index (χ2v) is 2.33. The molecule has 0 heterocycles. The minimum absolute atomic E-state index is 0.200. The van der Waals surface area contributed by atoms with Gasteiger partial charge in [0.15, 0.2) is 0 Å². The zero-order valence-electron chi connectivity index (χ0n) is 6.18. The Kier molecular flexibility index (Phi) is 3.01. The van der Waals surface area contributed by atoms with Crippen molar-refractivity contribution >= 4 is 0 Å². The van der Waals surface area contributed by atoms with E-state index in [1.807, 2.05) is 0 Å². The molecule has 0 spiro atoms. The van der Waals surface area contributed by atoms with Crippen molar-refractivity contribution in [1.82, 2.24) is 5.43 Å². The van der Waals surface area contributed by atoms with Gasteiger partial charge >= 0.3 is 0 Å². The third kappa shape index (κ3) is 2.65. The lowest BCUT2D eigenvalue weighted by Crippen LogP contribution is -2.24. The summed E-state index contributed by atoms with van der Waals surface area (Å²) in [5.41, 5.74) is 3.62. The molecule has 3 N–H and O–H groups in total. The van der Waals surface area contributed by atoms with Crippen molar-refractivity contribution in [3.8, 4) is 0 Å². The molecule has 0 aliphatic rings. The molecular formula is C8H11FN2. The van der Waals surface area contributed by atoms with E-state index in [4.69, 9.17) is 5.84 Å². The van der Waals surface area contributed by atoms with E-state index >= 15 is 0 Å². The molecule has 3 heteroatoms. The zero-order chi connectivity index (χ0) is 8.10. The molecule has 1 aromatic carbocycles. The first kappa shape index (κ1) is 8.17. The Morgan fingerprint density at radius 3 is 2.45 bits per heavy atom. The standard InChI is InChI=1S/C8H11FN2/c9-8-3-1-7(2-4-8)5-6-11-10/h1-4,11H,5-6,10H2. The molecule has 0 radical (unpaired) electrons. The van der Waals surface area contributed by atoms with Crippen LogP contribution in [0.1, 0.15) is 5.56 Å². The Morgan fingerprint density at radius 2 is 1.91 bits per heavy atom. The Morgan fingerprint density at radius 1 is 1.27 bits per heavy atom. The van der Waals surface area contributed by atoms with Crippen molar-refractivity contribution < 1.29 is 4.39 Å². The number of nitrogens with one attached hydrogen (secondary N) is 1. The number of hydrogen-bond acceptors (Lipinski definition) is 2. The van der Waals surface area contributed by atoms with Crippen LogP contribution >= 0.6 is 0 Å². The molecule has 0 atom stereocenters. The largest absolute Gasteiger partial charge is 0.271 e. The molecule has 1 aromatic rings. The van der Waals surface area contributed by atoms with E-state index in [2.05, 4.69) is 5.43 Å². The first-order valence-corrected chi connectivity index (χ1v) is 3.51. The lowest BCUT2D eigenvalue weighted by atomic mass is 10.1. The molecule has 0 amide bonds. The van der Waals surface area contributed by atoms with Crippen molar-refractivity contribution in [2.45, 2.75) is 6.42 Å². The molecule has 11 heavy (non-hydrogen) atoms. The van der Waals surface area contributed by atoms with E-state index < -0.39 is 0 Å². The summed E-state index contributed by atoms with van der Waals surface area (Å²) in [7, 11) is 0. The molecule has 0 bridgehead atoms. The molecule has 0 unspecified atom stereocenters. The second kappa shape index (κ2) is 4.05. The summed E-state index contributed by atoms with van der Waals surface area (Å²) >= 11 is 0. The van der Waals surface area contributed by atoms with E-state index in [-0.39, 0.29) is 5.82 Å². The van der Waals surface area contributed by atoms with Gasteiger partial charge in [0.05, 0.1) is 0 Å². The molecule has 0 fully saturated rings. The lowest BCUT2D eigenvalue weighted by molar-refractivity contribution is 0.626. The number of rotatable bonds is 3. The van der Waals surface area contributed by atoms with E-state index in [0.717, 1.165) is 12.0 Å². The quantitative estimate of drug-likeness (QED) is 0.500. The molecule has 2 nitrogen and oxygen atoms in total. The molecule has 0 aromatic heterocycles. The molecule has 1 rings (SSSR count). The van der Waals surface area contributed by atoms with Gasteiger partial charge in [0.2, 0.25) is 0 Å². The van der Waals surface area contributed by atoms with E-state index in [1.54, 1.807) is 12.1 Å². The normalized spacial score (nSPS) is 10.0. The van der Waals surface area contributed by atoms with Gasteiger partial charge in [0.1, 0.15) is 5.82 Å². The maximum Gasteiger partial charge on any atom is 0.123 e. The van der Waals surface area contributed by atoms with Crippen LogP contribution in [0.2, 0.25) is 0 Å². The van der Waals surface area contributed by atoms with Crippen molar-refractivity contribution in [2.24, 2.45) is 5.84 Å². The number of hydrogen-bond donors (Lipinski definition) is 2. The summed E-state index contributed by atoms with van der Waals surface area (Å²) in [5.74, 6) is 4.88. The van der Waals surface area contributed by atoms with Crippen LogP contribution < -0.4 is 11.3 Å². The summed E-state index contributed by atoms with van der Waals surface area (Å²) in [4.78, 5) is 0. The van der Waals surface area contributed by atoms with Gasteiger partial charge in [-0.05, 0) is 24.1 Å². The van der Waals surface area contributed by atoms with Crippen LogP contribution in [0.3, 0.4) is 0 Å². The van der Waals surface area contributed by atoms with Gasteiger partial charge < -0.3 is 0 Å². The third-order valence-electron chi connectivity index (χ3n) is 1.47. The SMILES string of the molecule is NNCCc1ccc(F)cc1. The van der Waals surface area contributed by atoms with Crippen LogP contribution in [0.5, 0.6) is 0 Å². The highest BCUT2D eigenvalue weighted by molar-refractivity contribution is 5.16. The first-order valence-electron chi connectivity index (χ1n) is 3.51. The van der Waals surface area contributed by atoms with E-state index in [9.17, 15) is 4.39 Å². The number of nitrogens with two attached hydrogens (primary N) is 1. The van der Waals surface area contributed by atoms with Gasteiger partial charge in [-0.3, -0.25) is 11.3 Å². The summed E-state index contributed by atoms with van der Waals surface area (Å²) in [6, 6.07) is 6.41. The minimum Gasteiger partial charge on any atom is -0.271 e. The number of hydrazine groups is 1. The maximum atomic E-state index is 12.4. The molecule has 60 valence electrons. The number of halogens is 1. The van der Waals surface area contributed by atoms with Gasteiger partial charge in [-0.25, -0.2) is 4.39 Å². The summed E-state index contributed by atoms with van der Waals surface area (Å²) < 4.78 is 12.4. The van der Waals surface area contributed by atoms with Crippen LogP contribution in [0.4, 0.5) is 4.39 Å². The fraction of sp³-hybridized carbons (Fsp3) is 0.250. The lowest BCUT2D eigenvalue weighted by Gasteiger charge is -1.98. The zero-order valence-corrected chi connectivity index (χ0v) is 6.18. The smallest absolute Gasteiger partial charge is 0.123 e. The Hall–Kier alpha value is -0.930. The fourth-order valence-electron chi connectivity index (χ4n) is 0.868. The maximum absolute atomic E-state index is 12.4. The van der Waals surface area contributed by atoms with Gasteiger partial charge in [-0.15, -0.1) is 0 Å². The van der Waals surface area contributed by atoms with Gasteiger partial charge in [0.25, 0.3) is 0 Å². The van der Waals surface area contributed by atoms with Crippen LogP contribution in [0.15, 0.2) is 24.3 Å². The summed E-state index contributed by atoms with van der Waals surface area (Å²) in [5, 5.41) is 0. The average Bonchev–Trinajstić information content (AvgIpc) is 2.04. The van der Waals surface area contributed by atoms with Crippen LogP contribution in [-0.2, 0) is 6.42 Å².